The summed E-state index contributed by atoms with van der Waals surface area (Å²) in [5, 5.41) is 10.5. The summed E-state index contributed by atoms with van der Waals surface area (Å²) >= 11 is 0. The van der Waals surface area contributed by atoms with Crippen LogP contribution in [0.25, 0.3) is 0 Å². The summed E-state index contributed by atoms with van der Waals surface area (Å²) in [5.41, 5.74) is 2.89. The van der Waals surface area contributed by atoms with Crippen LogP contribution in [0.1, 0.15) is 42.9 Å². The number of hydrogen-bond donors (Lipinski definition) is 2. The smallest absolute Gasteiger partial charge is 0.269 e. The molecule has 1 saturated heterocycles. The Morgan fingerprint density at radius 1 is 1.32 bits per heavy atom. The molecule has 0 unspecified atom stereocenters. The lowest BCUT2D eigenvalue weighted by Crippen LogP contribution is -2.43. The van der Waals surface area contributed by atoms with Gasteiger partial charge in [0.1, 0.15) is 11.3 Å². The molecule has 5 nitrogen and oxygen atoms in total. The van der Waals surface area contributed by atoms with Crippen LogP contribution in [0, 0.1) is 0 Å². The van der Waals surface area contributed by atoms with Crippen LogP contribution < -0.4 is 10.6 Å². The average Bonchev–Trinajstić information content (AvgIpc) is 3.14. The molecule has 2 N–H and O–H groups in total. The zero-order chi connectivity index (χ0) is 15.0. The molecule has 1 amide bonds. The SMILES string of the molecule is O=C(N[C@@H]1CCc2ccccc21)C1=NOC2(CCNCC2)C1. The molecule has 2 heterocycles. The van der Waals surface area contributed by atoms with Gasteiger partial charge in [-0.3, -0.25) is 4.79 Å². The van der Waals surface area contributed by atoms with Crippen molar-refractivity contribution in [1.82, 2.24) is 10.6 Å². The predicted octanol–water partition coefficient (Wildman–Crippen LogP) is 1.69. The number of fused-ring (bicyclic) bond motifs is 1. The van der Waals surface area contributed by atoms with E-state index in [4.69, 9.17) is 4.84 Å². The van der Waals surface area contributed by atoms with E-state index in [9.17, 15) is 4.79 Å². The molecular formula is C17H21N3O2. The largest absolute Gasteiger partial charge is 0.388 e. The second-order valence-corrected chi connectivity index (χ2v) is 6.50. The van der Waals surface area contributed by atoms with Crippen LogP contribution in [0.3, 0.4) is 0 Å². The highest BCUT2D eigenvalue weighted by atomic mass is 16.7. The van der Waals surface area contributed by atoms with Gasteiger partial charge < -0.3 is 15.5 Å². The lowest BCUT2D eigenvalue weighted by Gasteiger charge is -2.30. The number of rotatable bonds is 2. The van der Waals surface area contributed by atoms with E-state index in [-0.39, 0.29) is 17.6 Å². The second kappa shape index (κ2) is 5.39. The zero-order valence-electron chi connectivity index (χ0n) is 12.6. The molecule has 5 heteroatoms. The van der Waals surface area contributed by atoms with Crippen molar-refractivity contribution in [1.29, 1.82) is 0 Å². The molecule has 1 aromatic rings. The topological polar surface area (TPSA) is 62.7 Å². The standard InChI is InChI=1S/C17H21N3O2/c21-16(15-11-17(22-20-15)7-9-18-10-8-17)19-14-6-5-12-3-1-2-4-13(12)14/h1-4,14,18H,5-11H2,(H,19,21)/t14-/m1/s1. The minimum Gasteiger partial charge on any atom is -0.388 e. The van der Waals surface area contributed by atoms with E-state index in [0.717, 1.165) is 38.8 Å². The van der Waals surface area contributed by atoms with Crippen molar-refractivity contribution in [2.75, 3.05) is 13.1 Å². The molecule has 116 valence electrons. The highest BCUT2D eigenvalue weighted by Gasteiger charge is 2.42. The molecule has 3 aliphatic rings. The Morgan fingerprint density at radius 2 is 2.14 bits per heavy atom. The molecule has 22 heavy (non-hydrogen) atoms. The number of aryl methyl sites for hydroxylation is 1. The van der Waals surface area contributed by atoms with E-state index in [0.29, 0.717) is 12.1 Å². The molecule has 0 bridgehead atoms. The van der Waals surface area contributed by atoms with Crippen LogP contribution in [0.5, 0.6) is 0 Å². The van der Waals surface area contributed by atoms with Crippen LogP contribution >= 0.6 is 0 Å². The van der Waals surface area contributed by atoms with E-state index >= 15 is 0 Å². The lowest BCUT2D eigenvalue weighted by molar-refractivity contribution is -0.115. The third kappa shape index (κ3) is 2.39. The van der Waals surface area contributed by atoms with Crippen molar-refractivity contribution in [3.8, 4) is 0 Å². The average molecular weight is 299 g/mol. The molecule has 1 atom stereocenters. The maximum absolute atomic E-state index is 12.5. The monoisotopic (exact) mass is 299 g/mol. The van der Waals surface area contributed by atoms with E-state index in [1.54, 1.807) is 0 Å². The normalized spacial score (nSPS) is 25.5. The molecule has 0 saturated carbocycles. The molecule has 0 radical (unpaired) electrons. The van der Waals surface area contributed by atoms with Crippen molar-refractivity contribution in [3.63, 3.8) is 0 Å². The summed E-state index contributed by atoms with van der Waals surface area (Å²) in [7, 11) is 0. The molecule has 1 aromatic carbocycles. The van der Waals surface area contributed by atoms with Crippen molar-refractivity contribution >= 4 is 11.6 Å². The van der Waals surface area contributed by atoms with Gasteiger partial charge in [0, 0.05) is 19.3 Å². The van der Waals surface area contributed by atoms with Gasteiger partial charge in [-0.15, -0.1) is 0 Å². The summed E-state index contributed by atoms with van der Waals surface area (Å²) in [5.74, 6) is -0.0721. The lowest BCUT2D eigenvalue weighted by atomic mass is 9.87. The molecule has 4 rings (SSSR count). The third-order valence-electron chi connectivity index (χ3n) is 5.05. The molecule has 1 aliphatic carbocycles. The number of carbonyl (C=O) groups excluding carboxylic acids is 1. The van der Waals surface area contributed by atoms with Gasteiger partial charge >= 0.3 is 0 Å². The summed E-state index contributed by atoms with van der Waals surface area (Å²) < 4.78 is 0. The molecular weight excluding hydrogens is 278 g/mol. The summed E-state index contributed by atoms with van der Waals surface area (Å²) in [4.78, 5) is 18.1. The predicted molar refractivity (Wildman–Crippen MR) is 83.6 cm³/mol. The fourth-order valence-corrected chi connectivity index (χ4v) is 3.74. The number of nitrogens with zero attached hydrogens (tertiary/aromatic N) is 1. The molecule has 1 fully saturated rings. The first-order valence-electron chi connectivity index (χ1n) is 8.10. The number of amides is 1. The molecule has 1 spiro atoms. The number of carbonyl (C=O) groups is 1. The van der Waals surface area contributed by atoms with Gasteiger partial charge in [0.25, 0.3) is 5.91 Å². The maximum Gasteiger partial charge on any atom is 0.269 e. The number of nitrogens with one attached hydrogen (secondary N) is 2. The Balaban J connectivity index is 1.42. The van der Waals surface area contributed by atoms with Crippen LogP contribution in [-0.2, 0) is 16.1 Å². The van der Waals surface area contributed by atoms with Crippen LogP contribution in [0.15, 0.2) is 29.4 Å². The minimum atomic E-state index is -0.245. The van der Waals surface area contributed by atoms with Gasteiger partial charge in [0.2, 0.25) is 0 Å². The second-order valence-electron chi connectivity index (χ2n) is 6.50. The minimum absolute atomic E-state index is 0.0721. The summed E-state index contributed by atoms with van der Waals surface area (Å²) in [6.45, 7) is 1.86. The Bertz CT molecular complexity index is 620. The number of oxime groups is 1. The van der Waals surface area contributed by atoms with Gasteiger partial charge in [-0.2, -0.15) is 0 Å². The zero-order valence-corrected chi connectivity index (χ0v) is 12.6. The number of hydrogen-bond acceptors (Lipinski definition) is 4. The Kier molecular flexibility index (Phi) is 3.37. The first kappa shape index (κ1) is 13.8. The van der Waals surface area contributed by atoms with Crippen molar-refractivity contribution in [2.24, 2.45) is 5.16 Å². The van der Waals surface area contributed by atoms with Crippen LogP contribution in [0.2, 0.25) is 0 Å². The first-order chi connectivity index (χ1) is 10.8. The van der Waals surface area contributed by atoms with Gasteiger partial charge in [-0.25, -0.2) is 0 Å². The number of piperidine rings is 1. The van der Waals surface area contributed by atoms with Crippen molar-refractivity contribution < 1.29 is 9.63 Å². The van der Waals surface area contributed by atoms with Gasteiger partial charge in [-0.05, 0) is 37.1 Å². The maximum atomic E-state index is 12.5. The summed E-state index contributed by atoms with van der Waals surface area (Å²) in [6.07, 6.45) is 4.46. The molecule has 2 aliphatic heterocycles. The summed E-state index contributed by atoms with van der Waals surface area (Å²) in [6, 6.07) is 8.44. The quantitative estimate of drug-likeness (QED) is 0.873. The highest BCUT2D eigenvalue weighted by molar-refractivity contribution is 6.39. The van der Waals surface area contributed by atoms with Gasteiger partial charge in [-0.1, -0.05) is 29.4 Å². The highest BCUT2D eigenvalue weighted by Crippen LogP contribution is 2.34. The number of benzene rings is 1. The van der Waals surface area contributed by atoms with E-state index in [1.807, 2.05) is 6.07 Å². The fourth-order valence-electron chi connectivity index (χ4n) is 3.74. The van der Waals surface area contributed by atoms with E-state index < -0.39 is 0 Å². The van der Waals surface area contributed by atoms with Crippen LogP contribution in [0.4, 0.5) is 0 Å². The van der Waals surface area contributed by atoms with E-state index in [1.165, 1.54) is 11.1 Å². The fraction of sp³-hybridized carbons (Fsp3) is 0.529. The van der Waals surface area contributed by atoms with Gasteiger partial charge in [0.15, 0.2) is 0 Å². The Morgan fingerprint density at radius 3 is 3.00 bits per heavy atom. The third-order valence-corrected chi connectivity index (χ3v) is 5.05. The van der Waals surface area contributed by atoms with E-state index in [2.05, 4.69) is 34.0 Å². The Hall–Kier alpha value is -1.88. The van der Waals surface area contributed by atoms with Crippen molar-refractivity contribution in [3.05, 3.63) is 35.4 Å². The van der Waals surface area contributed by atoms with Crippen LogP contribution in [-0.4, -0.2) is 30.3 Å². The molecule has 0 aromatic heterocycles. The first-order valence-corrected chi connectivity index (χ1v) is 8.10. The Labute approximate surface area is 130 Å². The van der Waals surface area contributed by atoms with Gasteiger partial charge in [0.05, 0.1) is 6.04 Å². The van der Waals surface area contributed by atoms with Crippen molar-refractivity contribution in [2.45, 2.75) is 43.7 Å².